The van der Waals surface area contributed by atoms with Gasteiger partial charge in [-0.05, 0) is 12.8 Å². The second kappa shape index (κ2) is 4.02. The van der Waals surface area contributed by atoms with Gasteiger partial charge in [-0.25, -0.2) is 4.39 Å². The van der Waals surface area contributed by atoms with Gasteiger partial charge in [0.2, 0.25) is 0 Å². The summed E-state index contributed by atoms with van der Waals surface area (Å²) >= 11 is 0. The van der Waals surface area contributed by atoms with Crippen LogP contribution in [0.4, 0.5) is 4.39 Å². The number of halogens is 1. The molecule has 2 atom stereocenters. The molecule has 1 aliphatic heterocycles. The summed E-state index contributed by atoms with van der Waals surface area (Å²) in [5.41, 5.74) is 0. The van der Waals surface area contributed by atoms with Crippen molar-refractivity contribution in [2.24, 2.45) is 0 Å². The first kappa shape index (κ1) is 8.94. The van der Waals surface area contributed by atoms with Crippen LogP contribution in [0.1, 0.15) is 19.8 Å². The van der Waals surface area contributed by atoms with Crippen molar-refractivity contribution in [3.05, 3.63) is 0 Å². The van der Waals surface area contributed by atoms with Crippen molar-refractivity contribution in [1.29, 1.82) is 0 Å². The molecule has 66 valence electrons. The molecule has 0 aliphatic carbocycles. The van der Waals surface area contributed by atoms with Gasteiger partial charge in [0, 0.05) is 19.1 Å². The topological polar surface area (TPSA) is 23.5 Å². The molecular formula is C8H16FNO. The molecule has 0 spiro atoms. The Bertz CT molecular complexity index is 119. The Morgan fingerprint density at radius 1 is 1.73 bits per heavy atom. The monoisotopic (exact) mass is 161 g/mol. The molecule has 3 heteroatoms. The fourth-order valence-corrected chi connectivity index (χ4v) is 1.52. The summed E-state index contributed by atoms with van der Waals surface area (Å²) in [6.07, 6.45) is 1.54. The van der Waals surface area contributed by atoms with Crippen molar-refractivity contribution in [2.45, 2.75) is 31.9 Å². The zero-order chi connectivity index (χ0) is 8.27. The molecule has 1 heterocycles. The molecule has 0 saturated carbocycles. The van der Waals surface area contributed by atoms with Crippen LogP contribution in [-0.2, 0) is 0 Å². The Kier molecular flexibility index (Phi) is 3.27. The third-order valence-corrected chi connectivity index (χ3v) is 2.36. The maximum absolute atomic E-state index is 11.9. The highest BCUT2D eigenvalue weighted by Crippen LogP contribution is 2.19. The molecule has 0 aromatic carbocycles. The van der Waals surface area contributed by atoms with Gasteiger partial charge in [0.1, 0.15) is 6.67 Å². The molecule has 0 radical (unpaired) electrons. The van der Waals surface area contributed by atoms with Crippen molar-refractivity contribution in [1.82, 2.24) is 4.90 Å². The van der Waals surface area contributed by atoms with E-state index in [4.69, 9.17) is 5.11 Å². The minimum absolute atomic E-state index is 0.509. The fraction of sp³-hybridized carbons (Fsp3) is 1.00. The first-order valence-electron chi connectivity index (χ1n) is 4.26. The van der Waals surface area contributed by atoms with Gasteiger partial charge in [-0.3, -0.25) is 4.90 Å². The van der Waals surface area contributed by atoms with Gasteiger partial charge in [0.25, 0.3) is 0 Å². The minimum Gasteiger partial charge on any atom is -0.389 e. The number of β-amino-alcohol motifs (C(OH)–C–C–N with tert-alkyl or cyclic N) is 1. The summed E-state index contributed by atoms with van der Waals surface area (Å²) in [5, 5.41) is 8.99. The predicted octanol–water partition coefficient (Wildman–Crippen LogP) is 0.801. The minimum atomic E-state index is -0.774. The Labute approximate surface area is 67.0 Å². The molecular weight excluding hydrogens is 145 g/mol. The van der Waals surface area contributed by atoms with Gasteiger partial charge in [0.15, 0.2) is 0 Å². The highest BCUT2D eigenvalue weighted by Gasteiger charge is 2.27. The van der Waals surface area contributed by atoms with Crippen molar-refractivity contribution in [2.75, 3.05) is 19.8 Å². The average molecular weight is 161 g/mol. The number of hydrogen-bond acceptors (Lipinski definition) is 2. The van der Waals surface area contributed by atoms with Crippen LogP contribution in [0.5, 0.6) is 0 Å². The number of rotatable bonds is 4. The van der Waals surface area contributed by atoms with Crippen LogP contribution < -0.4 is 0 Å². The molecule has 1 saturated heterocycles. The second-order valence-electron chi connectivity index (χ2n) is 3.15. The normalized spacial score (nSPS) is 28.1. The SMILES string of the molecule is CCC1CCN1CC(O)CF. The van der Waals surface area contributed by atoms with Crippen LogP contribution >= 0.6 is 0 Å². The van der Waals surface area contributed by atoms with E-state index in [0.29, 0.717) is 12.6 Å². The molecule has 2 unspecified atom stereocenters. The van der Waals surface area contributed by atoms with E-state index in [-0.39, 0.29) is 0 Å². The molecule has 0 aromatic heterocycles. The van der Waals surface area contributed by atoms with E-state index in [1.807, 2.05) is 0 Å². The molecule has 1 fully saturated rings. The van der Waals surface area contributed by atoms with E-state index in [0.717, 1.165) is 13.0 Å². The smallest absolute Gasteiger partial charge is 0.117 e. The van der Waals surface area contributed by atoms with Crippen LogP contribution in [0.2, 0.25) is 0 Å². The van der Waals surface area contributed by atoms with Crippen molar-refractivity contribution < 1.29 is 9.50 Å². The number of aliphatic hydroxyl groups excluding tert-OH is 1. The molecule has 0 amide bonds. The molecule has 0 aromatic rings. The molecule has 1 N–H and O–H groups in total. The lowest BCUT2D eigenvalue weighted by Crippen LogP contribution is -2.50. The number of nitrogens with zero attached hydrogens (tertiary/aromatic N) is 1. The van der Waals surface area contributed by atoms with Gasteiger partial charge in [0.05, 0.1) is 6.10 Å². The summed E-state index contributed by atoms with van der Waals surface area (Å²) in [4.78, 5) is 2.14. The Morgan fingerprint density at radius 2 is 2.45 bits per heavy atom. The maximum Gasteiger partial charge on any atom is 0.117 e. The van der Waals surface area contributed by atoms with E-state index in [1.54, 1.807) is 0 Å². The Morgan fingerprint density at radius 3 is 2.82 bits per heavy atom. The number of aliphatic hydroxyl groups is 1. The Hall–Kier alpha value is -0.150. The number of likely N-dealkylation sites (tertiary alicyclic amines) is 1. The molecule has 2 nitrogen and oxygen atoms in total. The predicted molar refractivity (Wildman–Crippen MR) is 42.3 cm³/mol. The molecule has 1 rings (SSSR count). The largest absolute Gasteiger partial charge is 0.389 e. The maximum atomic E-state index is 11.9. The second-order valence-corrected chi connectivity index (χ2v) is 3.15. The number of hydrogen-bond donors (Lipinski definition) is 1. The first-order chi connectivity index (χ1) is 5.27. The van der Waals surface area contributed by atoms with Gasteiger partial charge >= 0.3 is 0 Å². The average Bonchev–Trinajstić information content (AvgIpc) is 1.98. The van der Waals surface area contributed by atoms with Crippen molar-refractivity contribution >= 4 is 0 Å². The fourth-order valence-electron chi connectivity index (χ4n) is 1.52. The highest BCUT2D eigenvalue weighted by molar-refractivity contribution is 4.82. The van der Waals surface area contributed by atoms with Gasteiger partial charge in [-0.1, -0.05) is 6.92 Å². The lowest BCUT2D eigenvalue weighted by atomic mass is 10.0. The Balaban J connectivity index is 2.16. The van der Waals surface area contributed by atoms with E-state index in [2.05, 4.69) is 11.8 Å². The quantitative estimate of drug-likeness (QED) is 0.659. The first-order valence-corrected chi connectivity index (χ1v) is 4.26. The van der Waals surface area contributed by atoms with Gasteiger partial charge < -0.3 is 5.11 Å². The lowest BCUT2D eigenvalue weighted by molar-refractivity contribution is 0.0206. The van der Waals surface area contributed by atoms with Gasteiger partial charge in [-0.2, -0.15) is 0 Å². The third-order valence-electron chi connectivity index (χ3n) is 2.36. The van der Waals surface area contributed by atoms with Gasteiger partial charge in [-0.15, -0.1) is 0 Å². The molecule has 1 aliphatic rings. The van der Waals surface area contributed by atoms with Crippen molar-refractivity contribution in [3.63, 3.8) is 0 Å². The molecule has 11 heavy (non-hydrogen) atoms. The standard InChI is InChI=1S/C8H16FNO/c1-2-7-3-4-10(7)6-8(11)5-9/h7-8,11H,2-6H2,1H3. The summed E-state index contributed by atoms with van der Waals surface area (Å²) in [6.45, 7) is 3.04. The van der Waals surface area contributed by atoms with Crippen LogP contribution in [0.15, 0.2) is 0 Å². The lowest BCUT2D eigenvalue weighted by Gasteiger charge is -2.41. The highest BCUT2D eigenvalue weighted by atomic mass is 19.1. The summed E-state index contributed by atoms with van der Waals surface area (Å²) in [6, 6.07) is 0.594. The van der Waals surface area contributed by atoms with E-state index >= 15 is 0 Å². The van der Waals surface area contributed by atoms with Crippen LogP contribution in [0.3, 0.4) is 0 Å². The van der Waals surface area contributed by atoms with E-state index in [9.17, 15) is 4.39 Å². The summed E-state index contributed by atoms with van der Waals surface area (Å²) in [7, 11) is 0. The van der Waals surface area contributed by atoms with Crippen LogP contribution in [0.25, 0.3) is 0 Å². The van der Waals surface area contributed by atoms with Crippen LogP contribution in [-0.4, -0.2) is 41.9 Å². The zero-order valence-electron chi connectivity index (χ0n) is 6.96. The van der Waals surface area contributed by atoms with Crippen LogP contribution in [0, 0.1) is 0 Å². The third kappa shape index (κ3) is 2.14. The van der Waals surface area contributed by atoms with E-state index < -0.39 is 12.8 Å². The van der Waals surface area contributed by atoms with Crippen molar-refractivity contribution in [3.8, 4) is 0 Å². The zero-order valence-corrected chi connectivity index (χ0v) is 6.96. The molecule has 0 bridgehead atoms. The number of alkyl halides is 1. The van der Waals surface area contributed by atoms with E-state index in [1.165, 1.54) is 6.42 Å². The summed E-state index contributed by atoms with van der Waals surface area (Å²) < 4.78 is 11.9. The summed E-state index contributed by atoms with van der Waals surface area (Å²) in [5.74, 6) is 0.